The van der Waals surface area contributed by atoms with Gasteiger partial charge in [-0.2, -0.15) is 0 Å². The predicted octanol–water partition coefficient (Wildman–Crippen LogP) is 2.74. The van der Waals surface area contributed by atoms with Crippen LogP contribution < -0.4 is 0 Å². The van der Waals surface area contributed by atoms with E-state index in [2.05, 4.69) is 20.4 Å². The predicted molar refractivity (Wildman–Crippen MR) is 60.4 cm³/mol. The quantitative estimate of drug-likeness (QED) is 0.703. The summed E-state index contributed by atoms with van der Waals surface area (Å²) in [6, 6.07) is 0. The molecule has 6 atom stereocenters. The van der Waals surface area contributed by atoms with Crippen LogP contribution in [0.4, 0.5) is 0 Å². The molecule has 2 aliphatic rings. The summed E-state index contributed by atoms with van der Waals surface area (Å²) in [5.74, 6) is 3.78. The highest BCUT2D eigenvalue weighted by Crippen LogP contribution is 2.56. The average molecular weight is 210 g/mol. The fourth-order valence-electron chi connectivity index (χ4n) is 3.79. The Kier molecular flexibility index (Phi) is 2.80. The van der Waals surface area contributed by atoms with Gasteiger partial charge in [0.25, 0.3) is 0 Å². The highest BCUT2D eigenvalue weighted by Gasteiger charge is 2.48. The minimum Gasteiger partial charge on any atom is -0.510 e. The van der Waals surface area contributed by atoms with Gasteiger partial charge in [0.15, 0.2) is 0 Å². The zero-order valence-corrected chi connectivity index (χ0v) is 9.69. The van der Waals surface area contributed by atoms with E-state index in [1.54, 1.807) is 0 Å². The second-order valence-corrected chi connectivity index (χ2v) is 5.62. The summed E-state index contributed by atoms with van der Waals surface area (Å²) in [4.78, 5) is 0. The van der Waals surface area contributed by atoms with Gasteiger partial charge in [0, 0.05) is 0 Å². The van der Waals surface area contributed by atoms with E-state index >= 15 is 0 Å². The van der Waals surface area contributed by atoms with Gasteiger partial charge in [0.05, 0.1) is 0 Å². The monoisotopic (exact) mass is 210 g/mol. The van der Waals surface area contributed by atoms with E-state index in [4.69, 9.17) is 5.11 Å². The van der Waals surface area contributed by atoms with Gasteiger partial charge < -0.3 is 10.2 Å². The van der Waals surface area contributed by atoms with Crippen molar-refractivity contribution in [3.63, 3.8) is 0 Å². The summed E-state index contributed by atoms with van der Waals surface area (Å²) < 4.78 is 0. The van der Waals surface area contributed by atoms with Gasteiger partial charge in [-0.15, -0.1) is 0 Å². The summed E-state index contributed by atoms with van der Waals surface area (Å²) in [6.45, 7) is 8.09. The fourth-order valence-corrected chi connectivity index (χ4v) is 3.79. The lowest BCUT2D eigenvalue weighted by atomic mass is 9.74. The largest absolute Gasteiger partial charge is 0.510 e. The Bertz CT molecular complexity index is 259. The van der Waals surface area contributed by atoms with Gasteiger partial charge in [-0.05, 0) is 48.9 Å². The Labute approximate surface area is 92.0 Å². The highest BCUT2D eigenvalue weighted by molar-refractivity contribution is 5.00. The molecule has 0 aliphatic heterocycles. The Hall–Kier alpha value is -0.500. The Morgan fingerprint density at radius 2 is 2.00 bits per heavy atom. The van der Waals surface area contributed by atoms with Crippen molar-refractivity contribution in [3.05, 3.63) is 12.3 Å². The van der Waals surface area contributed by atoms with E-state index in [0.29, 0.717) is 12.3 Å². The molecule has 2 nitrogen and oxygen atoms in total. The van der Waals surface area contributed by atoms with Crippen molar-refractivity contribution < 1.29 is 10.2 Å². The van der Waals surface area contributed by atoms with Crippen LogP contribution in [0.3, 0.4) is 0 Å². The molecular weight excluding hydrogens is 188 g/mol. The first-order valence-corrected chi connectivity index (χ1v) is 6.06. The zero-order valence-electron chi connectivity index (χ0n) is 9.69. The fraction of sp³-hybridized carbons (Fsp3) is 0.846. The van der Waals surface area contributed by atoms with Crippen molar-refractivity contribution in [3.8, 4) is 0 Å². The molecule has 86 valence electrons. The first-order chi connectivity index (χ1) is 7.00. The van der Waals surface area contributed by atoms with E-state index in [1.165, 1.54) is 12.8 Å². The van der Waals surface area contributed by atoms with Crippen LogP contribution in [0.25, 0.3) is 0 Å². The standard InChI is InChI=1S/C13H22O2/c1-7-8(2)12-5-10(7)4-11(12)6-13(15)9(3)14/h7-8,10-15H,3-6H2,1-2H3. The molecule has 2 rings (SSSR count). The molecule has 2 heteroatoms. The van der Waals surface area contributed by atoms with Crippen LogP contribution in [0.5, 0.6) is 0 Å². The Morgan fingerprint density at radius 1 is 1.33 bits per heavy atom. The molecule has 0 amide bonds. The van der Waals surface area contributed by atoms with Crippen molar-refractivity contribution in [2.45, 2.75) is 39.2 Å². The molecule has 2 fully saturated rings. The topological polar surface area (TPSA) is 40.5 Å². The number of hydrogen-bond donors (Lipinski definition) is 2. The van der Waals surface area contributed by atoms with E-state index in [-0.39, 0.29) is 5.76 Å². The average Bonchev–Trinajstić information content (AvgIpc) is 2.68. The van der Waals surface area contributed by atoms with Crippen molar-refractivity contribution in [1.82, 2.24) is 0 Å². The Morgan fingerprint density at radius 3 is 2.47 bits per heavy atom. The van der Waals surface area contributed by atoms with E-state index in [9.17, 15) is 5.11 Å². The molecule has 0 saturated heterocycles. The van der Waals surface area contributed by atoms with E-state index in [0.717, 1.165) is 23.7 Å². The van der Waals surface area contributed by atoms with Gasteiger partial charge in [0.2, 0.25) is 0 Å². The molecule has 0 aromatic carbocycles. The molecule has 2 bridgehead atoms. The second-order valence-electron chi connectivity index (χ2n) is 5.62. The van der Waals surface area contributed by atoms with Crippen LogP contribution in [0, 0.1) is 29.6 Å². The maximum absolute atomic E-state index is 9.62. The van der Waals surface area contributed by atoms with Gasteiger partial charge in [-0.1, -0.05) is 20.4 Å². The SMILES string of the molecule is C=C(O)C(O)CC1CC2CC1C(C)C2C. The summed E-state index contributed by atoms with van der Waals surface area (Å²) in [5.41, 5.74) is 0. The lowest BCUT2D eigenvalue weighted by Gasteiger charge is -2.32. The van der Waals surface area contributed by atoms with Crippen molar-refractivity contribution >= 4 is 0 Å². The molecule has 0 radical (unpaired) electrons. The third kappa shape index (κ3) is 1.80. The molecule has 0 aromatic heterocycles. The van der Waals surface area contributed by atoms with Crippen molar-refractivity contribution in [1.29, 1.82) is 0 Å². The molecule has 0 heterocycles. The van der Waals surface area contributed by atoms with Gasteiger partial charge in [-0.3, -0.25) is 0 Å². The number of aliphatic hydroxyl groups is 2. The van der Waals surface area contributed by atoms with Crippen LogP contribution in [0.1, 0.15) is 33.1 Å². The second kappa shape index (κ2) is 3.82. The van der Waals surface area contributed by atoms with Gasteiger partial charge in [-0.25, -0.2) is 0 Å². The van der Waals surface area contributed by atoms with Crippen LogP contribution in [-0.2, 0) is 0 Å². The van der Waals surface area contributed by atoms with Crippen LogP contribution in [0.15, 0.2) is 12.3 Å². The van der Waals surface area contributed by atoms with Crippen LogP contribution in [0.2, 0.25) is 0 Å². The summed E-state index contributed by atoms with van der Waals surface area (Å²) >= 11 is 0. The normalized spacial score (nSPS) is 45.7. The molecule has 0 aromatic rings. The van der Waals surface area contributed by atoms with Crippen LogP contribution in [-0.4, -0.2) is 16.3 Å². The van der Waals surface area contributed by atoms with Crippen molar-refractivity contribution in [2.75, 3.05) is 0 Å². The lowest BCUT2D eigenvalue weighted by Crippen LogP contribution is -2.27. The summed E-state index contributed by atoms with van der Waals surface area (Å²) in [7, 11) is 0. The zero-order chi connectivity index (χ0) is 11.2. The van der Waals surface area contributed by atoms with E-state index in [1.807, 2.05) is 0 Å². The molecule has 2 N–H and O–H groups in total. The van der Waals surface area contributed by atoms with Crippen LogP contribution >= 0.6 is 0 Å². The van der Waals surface area contributed by atoms with Crippen molar-refractivity contribution in [2.24, 2.45) is 29.6 Å². The lowest BCUT2D eigenvalue weighted by molar-refractivity contribution is 0.0924. The third-order valence-electron chi connectivity index (χ3n) is 4.94. The number of fused-ring (bicyclic) bond motifs is 2. The summed E-state index contributed by atoms with van der Waals surface area (Å²) in [6.07, 6.45) is 2.56. The molecule has 2 aliphatic carbocycles. The molecule has 2 saturated carbocycles. The third-order valence-corrected chi connectivity index (χ3v) is 4.94. The maximum atomic E-state index is 9.62. The molecule has 15 heavy (non-hydrogen) atoms. The molecule has 0 spiro atoms. The molecular formula is C13H22O2. The smallest absolute Gasteiger partial charge is 0.114 e. The minimum atomic E-state index is -0.711. The number of aliphatic hydroxyl groups excluding tert-OH is 2. The highest BCUT2D eigenvalue weighted by atomic mass is 16.3. The number of rotatable bonds is 3. The van der Waals surface area contributed by atoms with E-state index < -0.39 is 6.10 Å². The molecule has 6 unspecified atom stereocenters. The van der Waals surface area contributed by atoms with Gasteiger partial charge >= 0.3 is 0 Å². The first-order valence-electron chi connectivity index (χ1n) is 6.06. The number of hydrogen-bond acceptors (Lipinski definition) is 2. The Balaban J connectivity index is 1.95. The first kappa shape index (κ1) is 11.0. The van der Waals surface area contributed by atoms with Gasteiger partial charge in [0.1, 0.15) is 11.9 Å². The maximum Gasteiger partial charge on any atom is 0.114 e. The minimum absolute atomic E-state index is 0.0709. The summed E-state index contributed by atoms with van der Waals surface area (Å²) in [5, 5.41) is 18.7.